The zero-order valence-electron chi connectivity index (χ0n) is 12.9. The van der Waals surface area contributed by atoms with Crippen molar-refractivity contribution in [1.82, 2.24) is 4.98 Å². The molecule has 0 aliphatic rings. The molecule has 0 spiro atoms. The number of aryl methyl sites for hydroxylation is 1. The molecule has 1 aromatic heterocycles. The van der Waals surface area contributed by atoms with E-state index in [1.54, 1.807) is 11.3 Å². The average Bonchev–Trinajstić information content (AvgIpc) is 2.78. The van der Waals surface area contributed by atoms with Crippen LogP contribution in [0, 0.1) is 6.92 Å². The van der Waals surface area contributed by atoms with Gasteiger partial charge in [-0.2, -0.15) is 0 Å². The Hall–Kier alpha value is -1.09. The van der Waals surface area contributed by atoms with Crippen LogP contribution in [0.1, 0.15) is 57.4 Å². The summed E-state index contributed by atoms with van der Waals surface area (Å²) in [5.74, 6) is 0. The van der Waals surface area contributed by atoms with Gasteiger partial charge in [-0.1, -0.05) is 39.0 Å². The number of unbranched alkanes of at least 4 members (excludes halogenated alkanes) is 4. The molecule has 2 rings (SSSR count). The van der Waals surface area contributed by atoms with Gasteiger partial charge in [0, 0.05) is 11.7 Å². The number of hydrogen-bond donors (Lipinski definition) is 1. The quantitative estimate of drug-likeness (QED) is 0.625. The first-order chi connectivity index (χ1) is 9.69. The third kappa shape index (κ3) is 4.48. The molecule has 0 amide bonds. The molecule has 1 unspecified atom stereocenters. The molecule has 1 atom stereocenters. The lowest BCUT2D eigenvalue weighted by Crippen LogP contribution is -2.14. The van der Waals surface area contributed by atoms with Gasteiger partial charge in [0.05, 0.1) is 15.2 Å². The number of benzene rings is 1. The van der Waals surface area contributed by atoms with E-state index >= 15 is 0 Å². The van der Waals surface area contributed by atoms with E-state index in [2.05, 4.69) is 49.3 Å². The summed E-state index contributed by atoms with van der Waals surface area (Å²) in [7, 11) is 0. The van der Waals surface area contributed by atoms with Gasteiger partial charge in [-0.15, -0.1) is 11.3 Å². The van der Waals surface area contributed by atoms with Crippen LogP contribution in [-0.2, 0) is 0 Å². The number of thiazole rings is 1. The summed E-state index contributed by atoms with van der Waals surface area (Å²) in [5, 5.41) is 4.75. The van der Waals surface area contributed by atoms with Crippen LogP contribution >= 0.6 is 11.3 Å². The fourth-order valence-electron chi connectivity index (χ4n) is 2.54. The number of fused-ring (bicyclic) bond motifs is 1. The molecule has 0 saturated carbocycles. The Kier molecular flexibility index (Phi) is 5.84. The molecule has 0 aliphatic carbocycles. The van der Waals surface area contributed by atoms with Crippen LogP contribution in [0.2, 0.25) is 0 Å². The van der Waals surface area contributed by atoms with Crippen LogP contribution in [0.3, 0.4) is 0 Å². The maximum absolute atomic E-state index is 4.50. The second kappa shape index (κ2) is 7.63. The van der Waals surface area contributed by atoms with Crippen molar-refractivity contribution >= 4 is 27.2 Å². The molecule has 0 radical (unpaired) electrons. The highest BCUT2D eigenvalue weighted by molar-refractivity contribution is 7.18. The number of anilines is 1. The van der Waals surface area contributed by atoms with Crippen molar-refractivity contribution in [2.24, 2.45) is 0 Å². The summed E-state index contributed by atoms with van der Waals surface area (Å²) < 4.78 is 1.28. The van der Waals surface area contributed by atoms with Crippen molar-refractivity contribution in [3.63, 3.8) is 0 Å². The Bertz CT molecular complexity index is 533. The summed E-state index contributed by atoms with van der Waals surface area (Å²) in [5.41, 5.74) is 2.34. The zero-order chi connectivity index (χ0) is 14.4. The van der Waals surface area contributed by atoms with Crippen LogP contribution in [0.4, 0.5) is 5.69 Å². The number of nitrogens with one attached hydrogen (secondary N) is 1. The third-order valence-corrected chi connectivity index (χ3v) is 4.58. The monoisotopic (exact) mass is 290 g/mol. The standard InChI is InChI=1S/C17H26N2S/c1-4-5-6-7-8-9-13(2)18-15-10-11-16-17(12-15)20-14(3)19-16/h10-13,18H,4-9H2,1-3H3. The van der Waals surface area contributed by atoms with Gasteiger partial charge < -0.3 is 5.32 Å². The minimum absolute atomic E-state index is 0.545. The van der Waals surface area contributed by atoms with Gasteiger partial charge in [-0.3, -0.25) is 0 Å². The fourth-order valence-corrected chi connectivity index (χ4v) is 3.41. The predicted octanol–water partition coefficient (Wildman–Crippen LogP) is 5.77. The Morgan fingerprint density at radius 1 is 1.20 bits per heavy atom. The second-order valence-electron chi connectivity index (χ2n) is 5.66. The molecule has 1 aromatic carbocycles. The first-order valence-electron chi connectivity index (χ1n) is 7.82. The minimum atomic E-state index is 0.545. The van der Waals surface area contributed by atoms with E-state index < -0.39 is 0 Å². The van der Waals surface area contributed by atoms with Gasteiger partial charge in [0.2, 0.25) is 0 Å². The molecule has 0 saturated heterocycles. The number of aromatic nitrogens is 1. The normalized spacial score (nSPS) is 12.8. The predicted molar refractivity (Wildman–Crippen MR) is 90.8 cm³/mol. The Morgan fingerprint density at radius 2 is 2.00 bits per heavy atom. The average molecular weight is 290 g/mol. The molecule has 2 nitrogen and oxygen atoms in total. The third-order valence-electron chi connectivity index (χ3n) is 3.65. The van der Waals surface area contributed by atoms with Crippen LogP contribution in [0.5, 0.6) is 0 Å². The highest BCUT2D eigenvalue weighted by Crippen LogP contribution is 2.25. The van der Waals surface area contributed by atoms with Crippen LogP contribution in [-0.4, -0.2) is 11.0 Å². The largest absolute Gasteiger partial charge is 0.383 e. The summed E-state index contributed by atoms with van der Waals surface area (Å²) in [4.78, 5) is 4.50. The number of hydrogen-bond acceptors (Lipinski definition) is 3. The maximum Gasteiger partial charge on any atom is 0.0907 e. The van der Waals surface area contributed by atoms with Gasteiger partial charge in [0.25, 0.3) is 0 Å². The number of rotatable bonds is 8. The summed E-state index contributed by atoms with van der Waals surface area (Å²) in [6, 6.07) is 7.04. The lowest BCUT2D eigenvalue weighted by atomic mass is 10.1. The lowest BCUT2D eigenvalue weighted by molar-refractivity contribution is 0.578. The molecule has 2 aromatic rings. The molecular weight excluding hydrogens is 264 g/mol. The van der Waals surface area contributed by atoms with E-state index in [4.69, 9.17) is 0 Å². The van der Waals surface area contributed by atoms with E-state index in [0.717, 1.165) is 10.5 Å². The topological polar surface area (TPSA) is 24.9 Å². The van der Waals surface area contributed by atoms with Gasteiger partial charge >= 0.3 is 0 Å². The first-order valence-corrected chi connectivity index (χ1v) is 8.64. The Morgan fingerprint density at radius 3 is 2.80 bits per heavy atom. The van der Waals surface area contributed by atoms with E-state index in [-0.39, 0.29) is 0 Å². The second-order valence-corrected chi connectivity index (χ2v) is 6.90. The van der Waals surface area contributed by atoms with Crippen molar-refractivity contribution in [3.05, 3.63) is 23.2 Å². The van der Waals surface area contributed by atoms with Crippen LogP contribution in [0.25, 0.3) is 10.2 Å². The van der Waals surface area contributed by atoms with E-state index in [0.29, 0.717) is 6.04 Å². The molecule has 1 heterocycles. The van der Waals surface area contributed by atoms with E-state index in [1.807, 2.05) is 0 Å². The molecule has 0 aliphatic heterocycles. The summed E-state index contributed by atoms with van der Waals surface area (Å²) in [6.45, 7) is 6.61. The Labute approximate surface area is 126 Å². The van der Waals surface area contributed by atoms with E-state index in [9.17, 15) is 0 Å². The summed E-state index contributed by atoms with van der Waals surface area (Å²) in [6.07, 6.45) is 8.03. The first kappa shape index (κ1) is 15.3. The molecule has 110 valence electrons. The van der Waals surface area contributed by atoms with Gasteiger partial charge in [0.1, 0.15) is 0 Å². The van der Waals surface area contributed by atoms with E-state index in [1.165, 1.54) is 48.9 Å². The van der Waals surface area contributed by atoms with Crippen molar-refractivity contribution in [3.8, 4) is 0 Å². The molecule has 20 heavy (non-hydrogen) atoms. The lowest BCUT2D eigenvalue weighted by Gasteiger charge is -2.15. The van der Waals surface area contributed by atoms with Gasteiger partial charge in [-0.25, -0.2) is 4.98 Å². The summed E-state index contributed by atoms with van der Waals surface area (Å²) >= 11 is 1.77. The molecule has 0 bridgehead atoms. The van der Waals surface area contributed by atoms with Crippen molar-refractivity contribution in [2.45, 2.75) is 65.3 Å². The number of nitrogens with zero attached hydrogens (tertiary/aromatic N) is 1. The fraction of sp³-hybridized carbons (Fsp3) is 0.588. The van der Waals surface area contributed by atoms with Crippen LogP contribution in [0.15, 0.2) is 18.2 Å². The van der Waals surface area contributed by atoms with Crippen molar-refractivity contribution in [1.29, 1.82) is 0 Å². The maximum atomic E-state index is 4.50. The van der Waals surface area contributed by atoms with Crippen molar-refractivity contribution in [2.75, 3.05) is 5.32 Å². The molecule has 0 fully saturated rings. The van der Waals surface area contributed by atoms with Gasteiger partial charge in [-0.05, 0) is 38.5 Å². The molecular formula is C17H26N2S. The van der Waals surface area contributed by atoms with Crippen LogP contribution < -0.4 is 5.32 Å². The van der Waals surface area contributed by atoms with Gasteiger partial charge in [0.15, 0.2) is 0 Å². The minimum Gasteiger partial charge on any atom is -0.383 e. The Balaban J connectivity index is 1.81. The molecule has 1 N–H and O–H groups in total. The molecule has 3 heteroatoms. The highest BCUT2D eigenvalue weighted by Gasteiger charge is 2.05. The SMILES string of the molecule is CCCCCCCC(C)Nc1ccc2nc(C)sc2c1. The highest BCUT2D eigenvalue weighted by atomic mass is 32.1. The zero-order valence-corrected chi connectivity index (χ0v) is 13.7. The van der Waals surface area contributed by atoms with Crippen molar-refractivity contribution < 1.29 is 0 Å². The smallest absolute Gasteiger partial charge is 0.0907 e.